The number of pyridine rings is 1. The summed E-state index contributed by atoms with van der Waals surface area (Å²) < 4.78 is 15.1. The normalized spacial score (nSPS) is 11.1. The van der Waals surface area contributed by atoms with Crippen LogP contribution >= 0.6 is 0 Å². The van der Waals surface area contributed by atoms with E-state index in [-0.39, 0.29) is 5.82 Å². The molecule has 0 aliphatic carbocycles. The number of nitrogens with zero attached hydrogens (tertiary/aromatic N) is 2. The van der Waals surface area contributed by atoms with Gasteiger partial charge in [0, 0.05) is 18.9 Å². The van der Waals surface area contributed by atoms with Gasteiger partial charge in [-0.3, -0.25) is 4.98 Å². The van der Waals surface area contributed by atoms with Gasteiger partial charge in [-0.05, 0) is 41.8 Å². The summed E-state index contributed by atoms with van der Waals surface area (Å²) in [6.45, 7) is 2.87. The Balaban J connectivity index is 2.03. The summed E-state index contributed by atoms with van der Waals surface area (Å²) in [5, 5.41) is 0. The van der Waals surface area contributed by atoms with Gasteiger partial charge < -0.3 is 4.57 Å². The van der Waals surface area contributed by atoms with Gasteiger partial charge in [-0.15, -0.1) is 0 Å². The molecule has 0 spiro atoms. The molecule has 0 saturated heterocycles. The lowest BCUT2D eigenvalue weighted by molar-refractivity contribution is 0.626. The van der Waals surface area contributed by atoms with Crippen LogP contribution < -0.4 is 0 Å². The molecule has 0 aliphatic heterocycles. The third-order valence-electron chi connectivity index (χ3n) is 3.36. The molecule has 3 rings (SSSR count). The average Bonchev–Trinajstić information content (AvgIpc) is 2.80. The quantitative estimate of drug-likeness (QED) is 0.695. The van der Waals surface area contributed by atoms with Crippen LogP contribution in [0.1, 0.15) is 18.1 Å². The fourth-order valence-electron chi connectivity index (χ4n) is 2.37. The highest BCUT2D eigenvalue weighted by Gasteiger charge is 2.08. The maximum atomic E-state index is 12.9. The molecule has 3 aromatic rings. The Labute approximate surface area is 111 Å². The first-order chi connectivity index (χ1) is 9.28. The van der Waals surface area contributed by atoms with Crippen LogP contribution in [0.2, 0.25) is 0 Å². The third kappa shape index (κ3) is 2.24. The Bertz CT molecular complexity index is 698. The average molecular weight is 254 g/mol. The van der Waals surface area contributed by atoms with Gasteiger partial charge in [0.2, 0.25) is 0 Å². The molecule has 0 radical (unpaired) electrons. The molecule has 2 heterocycles. The van der Waals surface area contributed by atoms with Gasteiger partial charge >= 0.3 is 0 Å². The van der Waals surface area contributed by atoms with E-state index in [0.29, 0.717) is 0 Å². The number of fused-ring (bicyclic) bond motifs is 1. The van der Waals surface area contributed by atoms with E-state index < -0.39 is 0 Å². The van der Waals surface area contributed by atoms with E-state index in [1.807, 2.05) is 24.4 Å². The second kappa shape index (κ2) is 4.84. The molecule has 96 valence electrons. The standard InChI is InChI=1S/C16H15FN2/c1-2-13-11-19(15-4-3-9-18-16(13)15)10-12-5-7-14(17)8-6-12/h3-9,11H,2,10H2,1H3. The van der Waals surface area contributed by atoms with Gasteiger partial charge in [0.1, 0.15) is 5.82 Å². The van der Waals surface area contributed by atoms with Crippen molar-refractivity contribution in [2.45, 2.75) is 19.9 Å². The number of aryl methyl sites for hydroxylation is 1. The van der Waals surface area contributed by atoms with E-state index in [0.717, 1.165) is 29.6 Å². The number of rotatable bonds is 3. The van der Waals surface area contributed by atoms with Gasteiger partial charge in [-0.1, -0.05) is 19.1 Å². The lowest BCUT2D eigenvalue weighted by atomic mass is 10.2. The van der Waals surface area contributed by atoms with Gasteiger partial charge in [-0.25, -0.2) is 4.39 Å². The molecule has 1 aromatic carbocycles. The summed E-state index contributed by atoms with van der Waals surface area (Å²) in [5.74, 6) is -0.197. The summed E-state index contributed by atoms with van der Waals surface area (Å²) in [7, 11) is 0. The molecule has 0 atom stereocenters. The van der Waals surface area contributed by atoms with Gasteiger partial charge in [0.05, 0.1) is 11.0 Å². The predicted molar refractivity (Wildman–Crippen MR) is 74.6 cm³/mol. The van der Waals surface area contributed by atoms with Crippen molar-refractivity contribution in [1.82, 2.24) is 9.55 Å². The van der Waals surface area contributed by atoms with Crippen molar-refractivity contribution in [3.05, 3.63) is 65.7 Å². The largest absolute Gasteiger partial charge is 0.341 e. The maximum Gasteiger partial charge on any atom is 0.123 e. The second-order valence-corrected chi connectivity index (χ2v) is 4.63. The minimum atomic E-state index is -0.197. The van der Waals surface area contributed by atoms with Crippen LogP contribution in [0.5, 0.6) is 0 Å². The van der Waals surface area contributed by atoms with Crippen LogP contribution in [-0.4, -0.2) is 9.55 Å². The number of aromatic nitrogens is 2. The summed E-state index contributed by atoms with van der Waals surface area (Å²) in [5.41, 5.74) is 4.53. The summed E-state index contributed by atoms with van der Waals surface area (Å²) >= 11 is 0. The highest BCUT2D eigenvalue weighted by Crippen LogP contribution is 2.20. The molecule has 2 aromatic heterocycles. The molecule has 0 aliphatic rings. The molecule has 3 heteroatoms. The second-order valence-electron chi connectivity index (χ2n) is 4.63. The monoisotopic (exact) mass is 254 g/mol. The Kier molecular flexibility index (Phi) is 3.03. The van der Waals surface area contributed by atoms with Crippen molar-refractivity contribution < 1.29 is 4.39 Å². The van der Waals surface area contributed by atoms with E-state index in [1.54, 1.807) is 0 Å². The first-order valence-corrected chi connectivity index (χ1v) is 6.45. The zero-order valence-electron chi connectivity index (χ0n) is 10.8. The van der Waals surface area contributed by atoms with E-state index in [2.05, 4.69) is 28.7 Å². The Morgan fingerprint density at radius 1 is 1.16 bits per heavy atom. The highest BCUT2D eigenvalue weighted by atomic mass is 19.1. The Morgan fingerprint density at radius 2 is 1.95 bits per heavy atom. The van der Waals surface area contributed by atoms with Crippen LogP contribution in [0.25, 0.3) is 11.0 Å². The van der Waals surface area contributed by atoms with Crippen LogP contribution in [0.4, 0.5) is 4.39 Å². The minimum absolute atomic E-state index is 0.197. The summed E-state index contributed by atoms with van der Waals surface area (Å²) in [6.07, 6.45) is 4.93. The van der Waals surface area contributed by atoms with Crippen molar-refractivity contribution in [3.8, 4) is 0 Å². The Morgan fingerprint density at radius 3 is 2.68 bits per heavy atom. The summed E-state index contributed by atoms with van der Waals surface area (Å²) in [4.78, 5) is 4.45. The predicted octanol–water partition coefficient (Wildman–Crippen LogP) is 3.79. The molecular weight excluding hydrogens is 239 g/mol. The maximum absolute atomic E-state index is 12.9. The molecule has 0 fully saturated rings. The Hall–Kier alpha value is -2.16. The van der Waals surface area contributed by atoms with Crippen molar-refractivity contribution in [2.75, 3.05) is 0 Å². The molecular formula is C16H15FN2. The fourth-order valence-corrected chi connectivity index (χ4v) is 2.37. The number of hydrogen-bond acceptors (Lipinski definition) is 1. The number of hydrogen-bond donors (Lipinski definition) is 0. The lowest BCUT2D eigenvalue weighted by Crippen LogP contribution is -1.97. The topological polar surface area (TPSA) is 17.8 Å². The zero-order chi connectivity index (χ0) is 13.2. The van der Waals surface area contributed by atoms with E-state index in [4.69, 9.17) is 0 Å². The van der Waals surface area contributed by atoms with Crippen LogP contribution in [0, 0.1) is 5.82 Å². The highest BCUT2D eigenvalue weighted by molar-refractivity contribution is 5.79. The summed E-state index contributed by atoms with van der Waals surface area (Å²) in [6, 6.07) is 10.7. The van der Waals surface area contributed by atoms with Gasteiger partial charge in [-0.2, -0.15) is 0 Å². The van der Waals surface area contributed by atoms with Crippen LogP contribution in [-0.2, 0) is 13.0 Å². The SMILES string of the molecule is CCc1cn(Cc2ccc(F)cc2)c2cccnc12. The molecule has 0 saturated carbocycles. The molecule has 0 bridgehead atoms. The van der Waals surface area contributed by atoms with Crippen LogP contribution in [0.3, 0.4) is 0 Å². The molecule has 0 unspecified atom stereocenters. The zero-order valence-corrected chi connectivity index (χ0v) is 10.8. The molecule has 19 heavy (non-hydrogen) atoms. The van der Waals surface area contributed by atoms with Crippen molar-refractivity contribution >= 4 is 11.0 Å². The number of halogens is 1. The van der Waals surface area contributed by atoms with Gasteiger partial charge in [0.15, 0.2) is 0 Å². The van der Waals surface area contributed by atoms with Crippen molar-refractivity contribution in [1.29, 1.82) is 0 Å². The third-order valence-corrected chi connectivity index (χ3v) is 3.36. The molecule has 2 nitrogen and oxygen atoms in total. The van der Waals surface area contributed by atoms with E-state index in [9.17, 15) is 4.39 Å². The first-order valence-electron chi connectivity index (χ1n) is 6.45. The molecule has 0 N–H and O–H groups in total. The van der Waals surface area contributed by atoms with Crippen LogP contribution in [0.15, 0.2) is 48.8 Å². The van der Waals surface area contributed by atoms with Crippen molar-refractivity contribution in [2.24, 2.45) is 0 Å². The fraction of sp³-hybridized carbons (Fsp3) is 0.188. The first kappa shape index (κ1) is 11.9. The lowest BCUT2D eigenvalue weighted by Gasteiger charge is -2.05. The van der Waals surface area contributed by atoms with E-state index in [1.165, 1.54) is 17.7 Å². The minimum Gasteiger partial charge on any atom is -0.341 e. The smallest absolute Gasteiger partial charge is 0.123 e. The van der Waals surface area contributed by atoms with E-state index >= 15 is 0 Å². The van der Waals surface area contributed by atoms with Crippen molar-refractivity contribution in [3.63, 3.8) is 0 Å². The van der Waals surface area contributed by atoms with Gasteiger partial charge in [0.25, 0.3) is 0 Å². The molecule has 0 amide bonds. The number of benzene rings is 1.